The van der Waals surface area contributed by atoms with Crippen LogP contribution in [0.1, 0.15) is 25.8 Å². The molecule has 0 aromatic heterocycles. The Morgan fingerprint density at radius 1 is 1.42 bits per heavy atom. The fourth-order valence-corrected chi connectivity index (χ4v) is 2.05. The number of aryl methyl sites for hydroxylation is 1. The molecule has 0 spiro atoms. The second kappa shape index (κ2) is 7.38. The van der Waals surface area contributed by atoms with Crippen molar-refractivity contribution < 1.29 is 4.79 Å². The first-order valence-electron chi connectivity index (χ1n) is 6.46. The van der Waals surface area contributed by atoms with E-state index in [0.717, 1.165) is 28.0 Å². The fourth-order valence-electron chi connectivity index (χ4n) is 1.55. The highest BCUT2D eigenvalue weighted by molar-refractivity contribution is 9.10. The Morgan fingerprint density at radius 2 is 2.11 bits per heavy atom. The molecule has 0 unspecified atom stereocenters. The topological polar surface area (TPSA) is 67.2 Å². The average Bonchev–Trinajstić information content (AvgIpc) is 2.33. The standard InChI is InChI=1S/C14H22BrN3O/c1-9(2)8-18-14(19)4-5-17-13-6-10(3)12(16)7-11(13)15/h6-7,9,17H,4-5,8,16H2,1-3H3,(H,18,19). The number of hydrogen-bond acceptors (Lipinski definition) is 3. The van der Waals surface area contributed by atoms with Crippen LogP contribution in [0, 0.1) is 12.8 Å². The first-order valence-corrected chi connectivity index (χ1v) is 7.25. The molecule has 0 aliphatic rings. The molecule has 0 bridgehead atoms. The van der Waals surface area contributed by atoms with Crippen LogP contribution in [0.15, 0.2) is 16.6 Å². The van der Waals surface area contributed by atoms with Crippen LogP contribution in [-0.4, -0.2) is 19.0 Å². The SMILES string of the molecule is Cc1cc(NCCC(=O)NCC(C)C)c(Br)cc1N. The van der Waals surface area contributed by atoms with Crippen molar-refractivity contribution in [3.63, 3.8) is 0 Å². The molecule has 4 nitrogen and oxygen atoms in total. The number of nitrogens with two attached hydrogens (primary N) is 1. The van der Waals surface area contributed by atoms with Gasteiger partial charge in [-0.2, -0.15) is 0 Å². The van der Waals surface area contributed by atoms with Crippen LogP contribution in [0.5, 0.6) is 0 Å². The Labute approximate surface area is 123 Å². The number of halogens is 1. The molecule has 1 rings (SSSR count). The van der Waals surface area contributed by atoms with Crippen LogP contribution < -0.4 is 16.4 Å². The average molecular weight is 328 g/mol. The molecule has 0 saturated heterocycles. The van der Waals surface area contributed by atoms with Gasteiger partial charge in [0.05, 0.1) is 0 Å². The van der Waals surface area contributed by atoms with Crippen molar-refractivity contribution in [2.45, 2.75) is 27.2 Å². The number of nitrogen functional groups attached to an aromatic ring is 1. The van der Waals surface area contributed by atoms with E-state index < -0.39 is 0 Å². The molecule has 0 radical (unpaired) electrons. The van der Waals surface area contributed by atoms with Crippen LogP contribution in [0.4, 0.5) is 11.4 Å². The predicted molar refractivity (Wildman–Crippen MR) is 84.2 cm³/mol. The summed E-state index contributed by atoms with van der Waals surface area (Å²) in [5, 5.41) is 6.13. The largest absolute Gasteiger partial charge is 0.398 e. The second-order valence-electron chi connectivity index (χ2n) is 5.06. The van der Waals surface area contributed by atoms with Crippen LogP contribution in [0.3, 0.4) is 0 Å². The van der Waals surface area contributed by atoms with Crippen molar-refractivity contribution in [2.24, 2.45) is 5.92 Å². The molecule has 1 amide bonds. The predicted octanol–water partition coefficient (Wildman–Crippen LogP) is 2.91. The molecule has 0 atom stereocenters. The zero-order chi connectivity index (χ0) is 14.4. The van der Waals surface area contributed by atoms with Crippen LogP contribution >= 0.6 is 15.9 Å². The van der Waals surface area contributed by atoms with Gasteiger partial charge in [-0.1, -0.05) is 13.8 Å². The summed E-state index contributed by atoms with van der Waals surface area (Å²) in [6.07, 6.45) is 0.461. The molecule has 1 aromatic rings. The Bertz CT molecular complexity index is 447. The molecule has 0 aliphatic heterocycles. The van der Waals surface area contributed by atoms with Crippen molar-refractivity contribution in [1.82, 2.24) is 5.32 Å². The van der Waals surface area contributed by atoms with Gasteiger partial charge in [-0.3, -0.25) is 4.79 Å². The van der Waals surface area contributed by atoms with Gasteiger partial charge in [0.2, 0.25) is 5.91 Å². The van der Waals surface area contributed by atoms with Crippen molar-refractivity contribution >= 4 is 33.2 Å². The van der Waals surface area contributed by atoms with Gasteiger partial charge in [-0.05, 0) is 46.5 Å². The summed E-state index contributed by atoms with van der Waals surface area (Å²) in [5.41, 5.74) is 8.55. The Kier molecular flexibility index (Phi) is 6.15. The van der Waals surface area contributed by atoms with Gasteiger partial charge in [0.15, 0.2) is 0 Å². The lowest BCUT2D eigenvalue weighted by molar-refractivity contribution is -0.120. The van der Waals surface area contributed by atoms with Crippen molar-refractivity contribution in [3.05, 3.63) is 22.2 Å². The summed E-state index contributed by atoms with van der Waals surface area (Å²) >= 11 is 3.46. The fraction of sp³-hybridized carbons (Fsp3) is 0.500. The maximum absolute atomic E-state index is 11.6. The van der Waals surface area contributed by atoms with Crippen LogP contribution in [0.2, 0.25) is 0 Å². The van der Waals surface area contributed by atoms with Crippen molar-refractivity contribution in [3.8, 4) is 0 Å². The van der Waals surface area contributed by atoms with Gasteiger partial charge in [0, 0.05) is 35.4 Å². The molecule has 1 aromatic carbocycles. The lowest BCUT2D eigenvalue weighted by Crippen LogP contribution is -2.28. The molecule has 0 fully saturated rings. The van der Waals surface area contributed by atoms with E-state index >= 15 is 0 Å². The number of anilines is 2. The Morgan fingerprint density at radius 3 is 2.74 bits per heavy atom. The Hall–Kier alpha value is -1.23. The lowest BCUT2D eigenvalue weighted by Gasteiger charge is -2.12. The zero-order valence-corrected chi connectivity index (χ0v) is 13.3. The minimum Gasteiger partial charge on any atom is -0.398 e. The summed E-state index contributed by atoms with van der Waals surface area (Å²) in [6.45, 7) is 7.44. The van der Waals surface area contributed by atoms with Gasteiger partial charge in [0.1, 0.15) is 0 Å². The number of amides is 1. The van der Waals surface area contributed by atoms with E-state index in [-0.39, 0.29) is 5.91 Å². The van der Waals surface area contributed by atoms with Gasteiger partial charge in [0.25, 0.3) is 0 Å². The van der Waals surface area contributed by atoms with E-state index in [0.29, 0.717) is 18.9 Å². The quantitative estimate of drug-likeness (QED) is 0.704. The highest BCUT2D eigenvalue weighted by atomic mass is 79.9. The molecular formula is C14H22BrN3O. The van der Waals surface area contributed by atoms with Gasteiger partial charge < -0.3 is 16.4 Å². The lowest BCUT2D eigenvalue weighted by atomic mass is 10.2. The molecule has 4 N–H and O–H groups in total. The molecule has 0 heterocycles. The van der Waals surface area contributed by atoms with E-state index in [2.05, 4.69) is 40.4 Å². The monoisotopic (exact) mass is 327 g/mol. The number of hydrogen-bond donors (Lipinski definition) is 3. The third kappa shape index (κ3) is 5.51. The van der Waals surface area contributed by atoms with Crippen molar-refractivity contribution in [1.29, 1.82) is 0 Å². The third-order valence-corrected chi connectivity index (χ3v) is 3.39. The summed E-state index contributed by atoms with van der Waals surface area (Å²) < 4.78 is 0.915. The molecule has 0 saturated carbocycles. The zero-order valence-electron chi connectivity index (χ0n) is 11.7. The summed E-state index contributed by atoms with van der Waals surface area (Å²) in [7, 11) is 0. The van der Waals surface area contributed by atoms with E-state index in [1.807, 2.05) is 19.1 Å². The smallest absolute Gasteiger partial charge is 0.221 e. The third-order valence-electron chi connectivity index (χ3n) is 2.73. The Balaban J connectivity index is 2.41. The van der Waals surface area contributed by atoms with E-state index in [4.69, 9.17) is 5.73 Å². The number of rotatable bonds is 6. The highest BCUT2D eigenvalue weighted by Gasteiger charge is 2.05. The highest BCUT2D eigenvalue weighted by Crippen LogP contribution is 2.27. The van der Waals surface area contributed by atoms with E-state index in [9.17, 15) is 4.79 Å². The van der Waals surface area contributed by atoms with E-state index in [1.165, 1.54) is 0 Å². The van der Waals surface area contributed by atoms with Crippen LogP contribution in [-0.2, 0) is 4.79 Å². The summed E-state index contributed by atoms with van der Waals surface area (Å²) in [4.78, 5) is 11.6. The van der Waals surface area contributed by atoms with Gasteiger partial charge in [-0.15, -0.1) is 0 Å². The first kappa shape index (κ1) is 15.8. The first-order chi connectivity index (χ1) is 8.90. The van der Waals surface area contributed by atoms with Crippen molar-refractivity contribution in [2.75, 3.05) is 24.1 Å². The number of nitrogens with one attached hydrogen (secondary N) is 2. The van der Waals surface area contributed by atoms with E-state index in [1.54, 1.807) is 0 Å². The maximum atomic E-state index is 11.6. The maximum Gasteiger partial charge on any atom is 0.221 e. The summed E-state index contributed by atoms with van der Waals surface area (Å²) in [5.74, 6) is 0.551. The number of carbonyl (C=O) groups excluding carboxylic acids is 1. The van der Waals surface area contributed by atoms with Gasteiger partial charge >= 0.3 is 0 Å². The van der Waals surface area contributed by atoms with Gasteiger partial charge in [-0.25, -0.2) is 0 Å². The number of benzene rings is 1. The molecular weight excluding hydrogens is 306 g/mol. The number of carbonyl (C=O) groups is 1. The molecule has 0 aliphatic carbocycles. The molecule has 5 heteroatoms. The molecule has 106 valence electrons. The van der Waals surface area contributed by atoms with Crippen LogP contribution in [0.25, 0.3) is 0 Å². The normalized spacial score (nSPS) is 10.6. The minimum absolute atomic E-state index is 0.0736. The second-order valence-corrected chi connectivity index (χ2v) is 5.92. The molecule has 19 heavy (non-hydrogen) atoms. The minimum atomic E-state index is 0.0736. The summed E-state index contributed by atoms with van der Waals surface area (Å²) in [6, 6.07) is 3.85.